The van der Waals surface area contributed by atoms with Crippen molar-refractivity contribution < 1.29 is 71.3 Å². The van der Waals surface area contributed by atoms with Gasteiger partial charge in [0, 0.05) is 51.5 Å². The number of hydrogen-bond acceptors (Lipinski definition) is 19. The van der Waals surface area contributed by atoms with Gasteiger partial charge in [-0.2, -0.15) is 0 Å². The molecule has 0 aromatic rings. The third-order valence-electron chi connectivity index (χ3n) is 7.57. The van der Waals surface area contributed by atoms with E-state index in [1.165, 1.54) is 27.7 Å². The van der Waals surface area contributed by atoms with Crippen LogP contribution in [-0.4, -0.2) is 126 Å². The molecule has 282 valence electrons. The van der Waals surface area contributed by atoms with Crippen LogP contribution in [0.15, 0.2) is 11.9 Å². The predicted molar refractivity (Wildman–Crippen MR) is 173 cm³/mol. The highest BCUT2D eigenvalue weighted by atomic mass is 79.9. The summed E-state index contributed by atoms with van der Waals surface area (Å²) in [6.45, 7) is 10.6. The summed E-state index contributed by atoms with van der Waals surface area (Å²) in [6.07, 6.45) is -6.84. The van der Waals surface area contributed by atoms with E-state index in [-0.39, 0.29) is 17.7 Å². The van der Waals surface area contributed by atoms with Crippen LogP contribution >= 0.6 is 27.7 Å². The molecule has 0 saturated carbocycles. The summed E-state index contributed by atoms with van der Waals surface area (Å²) >= 11 is 4.28. The summed E-state index contributed by atoms with van der Waals surface area (Å²) in [6, 6.07) is 0. The number of carbonyl (C=O) groups excluding carboxylic acids is 5. The van der Waals surface area contributed by atoms with Crippen LogP contribution in [0.2, 0.25) is 0 Å². The molecule has 18 nitrogen and oxygen atoms in total. The maximum atomic E-state index is 12.8. The fraction of sp³-hybridized carbons (Fsp3) is 0.767. The molecule has 4 rings (SSSR count). The van der Waals surface area contributed by atoms with Gasteiger partial charge < -0.3 is 52.8 Å². The number of hydrogen-bond donors (Lipinski definition) is 2. The first-order chi connectivity index (χ1) is 23.6. The van der Waals surface area contributed by atoms with Crippen molar-refractivity contribution in [2.45, 2.75) is 122 Å². The van der Waals surface area contributed by atoms with Gasteiger partial charge in [-0.05, 0) is 39.0 Å². The van der Waals surface area contributed by atoms with Crippen LogP contribution in [0, 0.1) is 0 Å². The second-order valence-corrected chi connectivity index (χ2v) is 13.8. The van der Waals surface area contributed by atoms with Crippen LogP contribution in [0.1, 0.15) is 54.9 Å². The molecule has 3 fully saturated rings. The molecule has 0 aliphatic carbocycles. The fourth-order valence-electron chi connectivity index (χ4n) is 5.74. The Balaban J connectivity index is 1.24. The van der Waals surface area contributed by atoms with Crippen LogP contribution in [0.4, 0.5) is 4.79 Å². The number of thioether (sulfide) groups is 1. The molecule has 50 heavy (non-hydrogen) atoms. The third kappa shape index (κ3) is 10.9. The highest BCUT2D eigenvalue weighted by Gasteiger charge is 2.59. The van der Waals surface area contributed by atoms with Crippen LogP contribution in [0.25, 0.3) is 0 Å². The van der Waals surface area contributed by atoms with E-state index in [9.17, 15) is 24.0 Å². The highest BCUT2D eigenvalue weighted by molar-refractivity contribution is 9.09. The van der Waals surface area contributed by atoms with Crippen molar-refractivity contribution in [2.24, 2.45) is 0 Å². The molecular weight excluding hydrogens is 754 g/mol. The number of fused-ring (bicyclic) bond motifs is 1. The Morgan fingerprint density at radius 3 is 2.18 bits per heavy atom. The van der Waals surface area contributed by atoms with E-state index in [1.54, 1.807) is 32.0 Å². The van der Waals surface area contributed by atoms with Gasteiger partial charge in [0.25, 0.3) is 0 Å². The van der Waals surface area contributed by atoms with Crippen molar-refractivity contribution in [2.75, 3.05) is 24.2 Å². The molecule has 1 unspecified atom stereocenters. The number of nitrogens with zero attached hydrogens (tertiary/aromatic N) is 1. The van der Waals surface area contributed by atoms with Crippen molar-refractivity contribution in [3.05, 3.63) is 11.9 Å². The molecule has 10 atom stereocenters. The summed E-state index contributed by atoms with van der Waals surface area (Å²) in [5.74, 6) is -3.14. The zero-order valence-electron chi connectivity index (χ0n) is 28.7. The van der Waals surface area contributed by atoms with E-state index in [0.717, 1.165) is 11.8 Å². The Kier molecular flexibility index (Phi) is 14.2. The van der Waals surface area contributed by atoms with Crippen molar-refractivity contribution in [3.63, 3.8) is 0 Å². The number of ether oxygens (including phenoxy) is 10. The zero-order valence-corrected chi connectivity index (χ0v) is 31.1. The largest absolute Gasteiger partial charge is 0.457 e. The lowest BCUT2D eigenvalue weighted by Crippen LogP contribution is -2.61. The van der Waals surface area contributed by atoms with Crippen molar-refractivity contribution in [3.8, 4) is 0 Å². The lowest BCUT2D eigenvalue weighted by atomic mass is 9.99. The quantitative estimate of drug-likeness (QED) is 0.111. The number of rotatable bonds is 14. The smallest absolute Gasteiger partial charge is 0.368 e. The van der Waals surface area contributed by atoms with Crippen LogP contribution < -0.4 is 11.0 Å². The third-order valence-corrected chi connectivity index (χ3v) is 9.00. The fourth-order valence-corrected chi connectivity index (χ4v) is 6.85. The number of carbonyl (C=O) groups is 5. The van der Waals surface area contributed by atoms with Gasteiger partial charge in [0.15, 0.2) is 48.9 Å². The lowest BCUT2D eigenvalue weighted by Gasteiger charge is -2.43. The van der Waals surface area contributed by atoms with Gasteiger partial charge >= 0.3 is 29.2 Å². The minimum absolute atomic E-state index is 0.156. The average Bonchev–Trinajstić information content (AvgIpc) is 3.68. The molecule has 0 amide bonds. The molecule has 20 heteroatoms. The molecular formula is C30H44BrN3O15S. The summed E-state index contributed by atoms with van der Waals surface area (Å²) in [7, 11) is 0. The van der Waals surface area contributed by atoms with Gasteiger partial charge in [0.2, 0.25) is 0 Å². The Bertz CT molecular complexity index is 1290. The van der Waals surface area contributed by atoms with Crippen molar-refractivity contribution >= 4 is 56.9 Å². The van der Waals surface area contributed by atoms with E-state index >= 15 is 0 Å². The number of nitrogens with one attached hydrogen (secondary N) is 2. The van der Waals surface area contributed by atoms with Gasteiger partial charge in [-0.1, -0.05) is 15.9 Å². The first-order valence-electron chi connectivity index (χ1n) is 15.9. The molecule has 0 radical (unpaired) electrons. The summed E-state index contributed by atoms with van der Waals surface area (Å²) in [5, 5.41) is 1.39. The first kappa shape index (κ1) is 40.1. The SMILES string of the molecule is CC(=O)O[C@H]1[C@H](OC(C)=O)[C@H](OCCCN2C=C(CSC(=O)OC(CBr)[C@H]3O[C@@H]4OC(C)(C)O[C@@H]4[C@H]3OC(C)=O)NN2)O[C@@H](C)[C@H]1OC(C)=O. The maximum absolute atomic E-state index is 12.8. The molecule has 4 aliphatic rings. The normalized spacial score (nSPS) is 31.9. The summed E-state index contributed by atoms with van der Waals surface area (Å²) in [4.78, 5) is 60.1. The molecule has 0 aromatic carbocycles. The van der Waals surface area contributed by atoms with Crippen molar-refractivity contribution in [1.82, 2.24) is 16.0 Å². The van der Waals surface area contributed by atoms with Gasteiger partial charge in [0.05, 0.1) is 18.4 Å². The molecule has 2 N–H and O–H groups in total. The zero-order chi connectivity index (χ0) is 36.7. The lowest BCUT2D eigenvalue weighted by molar-refractivity contribution is -0.300. The average molecular weight is 799 g/mol. The Hall–Kier alpha value is -2.72. The minimum atomic E-state index is -1.18. The number of halogens is 1. The molecule has 4 heterocycles. The minimum Gasteiger partial charge on any atom is -0.457 e. The molecule has 0 spiro atoms. The Morgan fingerprint density at radius 1 is 0.920 bits per heavy atom. The molecule has 0 aromatic heterocycles. The van der Waals surface area contributed by atoms with E-state index in [1.807, 2.05) is 0 Å². The van der Waals surface area contributed by atoms with Gasteiger partial charge in [0.1, 0.15) is 12.2 Å². The Labute approximate surface area is 301 Å². The number of hydrazine groups is 2. The van der Waals surface area contributed by atoms with Gasteiger partial charge in [-0.15, -0.1) is 5.53 Å². The van der Waals surface area contributed by atoms with E-state index in [2.05, 4.69) is 26.9 Å². The first-order valence-corrected chi connectivity index (χ1v) is 18.0. The van der Waals surface area contributed by atoms with Gasteiger partial charge in [-0.3, -0.25) is 24.2 Å². The maximum Gasteiger partial charge on any atom is 0.368 e. The highest BCUT2D eigenvalue weighted by Crippen LogP contribution is 2.40. The second kappa shape index (κ2) is 17.7. The van der Waals surface area contributed by atoms with Crippen LogP contribution in [0.3, 0.4) is 0 Å². The standard InChI is InChI=1S/C30H44BrN3O15S/c1-14-21(42-15(2)35)23(43-16(3)36)25(45-18(5)38)27(41-14)40-10-8-9-34-12-19(32-33-34)13-50-29(39)46-20(11-31)22-24(44-17(4)37)26-28(47-22)49-30(6,7)48-26/h12,14,20-28,32-33H,8-11,13H2,1-7H3/t14-,20?,21+,22+,23+,24-,25-,26+,27+,28+/m0/s1. The molecule has 4 aliphatic heterocycles. The molecule has 0 bridgehead atoms. The Morgan fingerprint density at radius 2 is 1.54 bits per heavy atom. The monoisotopic (exact) mass is 797 g/mol. The van der Waals surface area contributed by atoms with Crippen molar-refractivity contribution in [1.29, 1.82) is 0 Å². The van der Waals surface area contributed by atoms with Gasteiger partial charge in [-0.25, -0.2) is 4.79 Å². The van der Waals surface area contributed by atoms with E-state index < -0.39 is 96.4 Å². The van der Waals surface area contributed by atoms with E-state index in [0.29, 0.717) is 18.7 Å². The van der Waals surface area contributed by atoms with Crippen LogP contribution in [-0.2, 0) is 66.5 Å². The van der Waals surface area contributed by atoms with E-state index in [4.69, 9.17) is 47.4 Å². The topological polar surface area (TPSA) is 205 Å². The predicted octanol–water partition coefficient (Wildman–Crippen LogP) is 1.54. The summed E-state index contributed by atoms with van der Waals surface area (Å²) in [5.41, 5.74) is 6.65. The number of esters is 4. The number of alkyl halides is 1. The summed E-state index contributed by atoms with van der Waals surface area (Å²) < 4.78 is 56.7. The second-order valence-electron chi connectivity index (χ2n) is 12.2. The van der Waals surface area contributed by atoms with Crippen LogP contribution in [0.5, 0.6) is 0 Å². The molecule has 3 saturated heterocycles.